The summed E-state index contributed by atoms with van der Waals surface area (Å²) >= 11 is 4.97. The minimum absolute atomic E-state index is 0.164. The largest absolute Gasteiger partial charge is 0.321 e. The molecule has 0 saturated carbocycles. The molecule has 0 unspecified atom stereocenters. The summed E-state index contributed by atoms with van der Waals surface area (Å²) in [7, 11) is 0. The number of hydrogen-bond acceptors (Lipinski definition) is 2. The van der Waals surface area contributed by atoms with Gasteiger partial charge in [-0.15, -0.1) is 0 Å². The quantitative estimate of drug-likeness (QED) is 0.592. The zero-order valence-electron chi connectivity index (χ0n) is 7.54. The van der Waals surface area contributed by atoms with Crippen LogP contribution in [-0.4, -0.2) is 9.55 Å². The molecule has 3 nitrogen and oxygen atoms in total. The Bertz CT molecular complexity index is 416. The van der Waals surface area contributed by atoms with Gasteiger partial charge >= 0.3 is 0 Å². The number of aromatic nitrogens is 2. The van der Waals surface area contributed by atoms with Crippen molar-refractivity contribution in [2.45, 2.75) is 19.9 Å². The van der Waals surface area contributed by atoms with E-state index in [1.165, 1.54) is 6.07 Å². The minimum Gasteiger partial charge on any atom is -0.321 e. The van der Waals surface area contributed by atoms with E-state index in [1.807, 2.05) is 6.92 Å². The summed E-state index contributed by atoms with van der Waals surface area (Å²) in [5, 5.41) is 0. The number of H-pyrrole nitrogens is 1. The lowest BCUT2D eigenvalue weighted by atomic mass is 10.2. The molecule has 0 spiro atoms. The first kappa shape index (κ1) is 9.92. The van der Waals surface area contributed by atoms with Crippen LogP contribution in [-0.2, 0) is 6.54 Å². The number of nitrogens with one attached hydrogen (secondary N) is 1. The highest BCUT2D eigenvalue weighted by Crippen LogP contribution is 2.00. The van der Waals surface area contributed by atoms with Crippen LogP contribution in [0.25, 0.3) is 0 Å². The summed E-state index contributed by atoms with van der Waals surface area (Å²) in [5.74, 6) is 0. The van der Waals surface area contributed by atoms with Crippen LogP contribution in [0.2, 0.25) is 0 Å². The van der Waals surface area contributed by atoms with Crippen molar-refractivity contribution in [3.05, 3.63) is 39.5 Å². The second-order valence-corrected chi connectivity index (χ2v) is 3.23. The van der Waals surface area contributed by atoms with Crippen molar-refractivity contribution in [1.29, 1.82) is 0 Å². The van der Waals surface area contributed by atoms with Gasteiger partial charge in [-0.25, -0.2) is 0 Å². The highest BCUT2D eigenvalue weighted by molar-refractivity contribution is 7.71. The van der Waals surface area contributed by atoms with E-state index in [1.54, 1.807) is 10.8 Å². The van der Waals surface area contributed by atoms with Crippen LogP contribution < -0.4 is 5.56 Å². The maximum Gasteiger partial charge on any atom is 0.251 e. The standard InChI is InChI=1S/C9H12N2OS/c1-3-7(2)6-11-5-4-8(12)10-9(11)13/h4-5H,2-3,6H2,1H3,(H,10,12,13). The van der Waals surface area contributed by atoms with Gasteiger partial charge in [0.25, 0.3) is 5.56 Å². The Morgan fingerprint density at radius 3 is 3.00 bits per heavy atom. The molecule has 1 aromatic rings. The zero-order valence-corrected chi connectivity index (χ0v) is 8.36. The second kappa shape index (κ2) is 4.18. The Labute approximate surface area is 81.7 Å². The molecule has 0 fully saturated rings. The second-order valence-electron chi connectivity index (χ2n) is 2.84. The molecule has 1 N–H and O–H groups in total. The Kier molecular flexibility index (Phi) is 3.19. The number of nitrogens with zero attached hydrogens (tertiary/aromatic N) is 1. The van der Waals surface area contributed by atoms with Crippen molar-refractivity contribution >= 4 is 12.2 Å². The Balaban J connectivity index is 2.97. The van der Waals surface area contributed by atoms with E-state index in [0.717, 1.165) is 12.0 Å². The fourth-order valence-electron chi connectivity index (χ4n) is 0.921. The predicted molar refractivity (Wildman–Crippen MR) is 55.3 cm³/mol. The average molecular weight is 196 g/mol. The smallest absolute Gasteiger partial charge is 0.251 e. The molecule has 4 heteroatoms. The Hall–Kier alpha value is -1.16. The summed E-state index contributed by atoms with van der Waals surface area (Å²) in [6.45, 7) is 6.58. The number of rotatable bonds is 3. The van der Waals surface area contributed by atoms with E-state index in [2.05, 4.69) is 11.6 Å². The fraction of sp³-hybridized carbons (Fsp3) is 0.333. The van der Waals surface area contributed by atoms with E-state index in [-0.39, 0.29) is 5.56 Å². The molecule has 0 radical (unpaired) electrons. The van der Waals surface area contributed by atoms with Gasteiger partial charge in [0.2, 0.25) is 0 Å². The van der Waals surface area contributed by atoms with Crippen molar-refractivity contribution in [2.75, 3.05) is 0 Å². The zero-order chi connectivity index (χ0) is 9.84. The van der Waals surface area contributed by atoms with Gasteiger partial charge in [-0.05, 0) is 18.6 Å². The molecule has 1 heterocycles. The van der Waals surface area contributed by atoms with Gasteiger partial charge < -0.3 is 4.57 Å². The van der Waals surface area contributed by atoms with E-state index < -0.39 is 0 Å². The topological polar surface area (TPSA) is 37.8 Å². The molecule has 70 valence electrons. The summed E-state index contributed by atoms with van der Waals surface area (Å²) in [6.07, 6.45) is 2.60. The van der Waals surface area contributed by atoms with Gasteiger partial charge in [0.05, 0.1) is 0 Å². The van der Waals surface area contributed by atoms with Crippen molar-refractivity contribution in [3.63, 3.8) is 0 Å². The van der Waals surface area contributed by atoms with Crippen LogP contribution in [0.4, 0.5) is 0 Å². The highest BCUT2D eigenvalue weighted by Gasteiger charge is 1.94. The first-order chi connectivity index (χ1) is 6.13. The molecule has 1 aromatic heterocycles. The molecule has 0 bridgehead atoms. The number of allylic oxidation sites excluding steroid dienone is 1. The van der Waals surface area contributed by atoms with Crippen LogP contribution in [0, 0.1) is 4.77 Å². The third kappa shape index (κ3) is 2.66. The predicted octanol–water partition coefficient (Wildman–Crippen LogP) is 1.87. The third-order valence-corrected chi connectivity index (χ3v) is 2.13. The summed E-state index contributed by atoms with van der Waals surface area (Å²) in [6, 6.07) is 1.46. The first-order valence-corrected chi connectivity index (χ1v) is 4.50. The van der Waals surface area contributed by atoms with Crippen LogP contribution in [0.5, 0.6) is 0 Å². The molecular weight excluding hydrogens is 184 g/mol. The molecule has 0 aromatic carbocycles. The third-order valence-electron chi connectivity index (χ3n) is 1.79. The maximum absolute atomic E-state index is 10.8. The van der Waals surface area contributed by atoms with Crippen LogP contribution >= 0.6 is 12.2 Å². The lowest BCUT2D eigenvalue weighted by molar-refractivity contribution is 0.717. The van der Waals surface area contributed by atoms with Crippen molar-refractivity contribution in [1.82, 2.24) is 9.55 Å². The van der Waals surface area contributed by atoms with Crippen LogP contribution in [0.3, 0.4) is 0 Å². The summed E-state index contributed by atoms with van der Waals surface area (Å²) < 4.78 is 2.24. The van der Waals surface area contributed by atoms with E-state index >= 15 is 0 Å². The van der Waals surface area contributed by atoms with E-state index in [0.29, 0.717) is 11.3 Å². The van der Waals surface area contributed by atoms with Gasteiger partial charge in [0, 0.05) is 18.8 Å². The Morgan fingerprint density at radius 1 is 1.77 bits per heavy atom. The normalized spacial score (nSPS) is 9.92. The fourth-order valence-corrected chi connectivity index (χ4v) is 1.15. The number of aromatic amines is 1. The molecule has 13 heavy (non-hydrogen) atoms. The number of hydrogen-bond donors (Lipinski definition) is 1. The van der Waals surface area contributed by atoms with E-state index in [4.69, 9.17) is 12.2 Å². The lowest BCUT2D eigenvalue weighted by Crippen LogP contribution is -2.11. The van der Waals surface area contributed by atoms with Crippen molar-refractivity contribution in [2.24, 2.45) is 0 Å². The van der Waals surface area contributed by atoms with Crippen molar-refractivity contribution in [3.8, 4) is 0 Å². The van der Waals surface area contributed by atoms with Gasteiger partial charge in [0.1, 0.15) is 0 Å². The van der Waals surface area contributed by atoms with Gasteiger partial charge in [0.15, 0.2) is 4.77 Å². The molecule has 0 aliphatic rings. The summed E-state index contributed by atoms with van der Waals surface area (Å²) in [4.78, 5) is 13.4. The van der Waals surface area contributed by atoms with E-state index in [9.17, 15) is 4.79 Å². The SMILES string of the molecule is C=C(CC)Cn1ccc(=O)[nH]c1=S. The Morgan fingerprint density at radius 2 is 2.46 bits per heavy atom. The molecule has 1 rings (SSSR count). The average Bonchev–Trinajstić information content (AvgIpc) is 2.09. The summed E-state index contributed by atoms with van der Waals surface area (Å²) in [5.41, 5.74) is 0.923. The lowest BCUT2D eigenvalue weighted by Gasteiger charge is -2.06. The van der Waals surface area contributed by atoms with Gasteiger partial charge in [-0.1, -0.05) is 19.1 Å². The molecular formula is C9H12N2OS. The molecule has 0 amide bonds. The van der Waals surface area contributed by atoms with Crippen molar-refractivity contribution < 1.29 is 0 Å². The first-order valence-electron chi connectivity index (χ1n) is 4.10. The van der Waals surface area contributed by atoms with Gasteiger partial charge in [-0.2, -0.15) is 0 Å². The molecule has 0 saturated heterocycles. The molecule has 0 aliphatic carbocycles. The maximum atomic E-state index is 10.8. The molecule has 0 aliphatic heterocycles. The monoisotopic (exact) mass is 196 g/mol. The minimum atomic E-state index is -0.164. The van der Waals surface area contributed by atoms with Crippen LogP contribution in [0.15, 0.2) is 29.2 Å². The highest BCUT2D eigenvalue weighted by atomic mass is 32.1. The van der Waals surface area contributed by atoms with Crippen LogP contribution in [0.1, 0.15) is 13.3 Å². The molecule has 0 atom stereocenters. The van der Waals surface area contributed by atoms with Gasteiger partial charge in [-0.3, -0.25) is 9.78 Å².